The van der Waals surface area contributed by atoms with Crippen LogP contribution in [0.5, 0.6) is 0 Å². The Labute approximate surface area is 297 Å². The van der Waals surface area contributed by atoms with Gasteiger partial charge in [-0.25, -0.2) is 0 Å². The second-order valence-corrected chi connectivity index (χ2v) is 14.0. The smallest absolute Gasteiger partial charge is 0.337 e. The summed E-state index contributed by atoms with van der Waals surface area (Å²) in [6, 6.07) is 0. The van der Waals surface area contributed by atoms with Gasteiger partial charge in [0.05, 0.1) is 0 Å². The molecule has 298 valence electrons. The molecule has 0 radical (unpaired) electrons. The van der Waals surface area contributed by atoms with Gasteiger partial charge in [-0.1, -0.05) is 156 Å². The van der Waals surface area contributed by atoms with Crippen molar-refractivity contribution in [1.82, 2.24) is 9.80 Å². The van der Waals surface area contributed by atoms with E-state index in [0.717, 1.165) is 77.0 Å². The fraction of sp³-hybridized carbons (Fsp3) is 0.947. The minimum atomic E-state index is -6.84. The molecular formula is C38H68F8N2O2. The van der Waals surface area contributed by atoms with Gasteiger partial charge >= 0.3 is 23.7 Å². The van der Waals surface area contributed by atoms with E-state index in [1.807, 2.05) is 27.7 Å². The van der Waals surface area contributed by atoms with Crippen LogP contribution < -0.4 is 0 Å². The Bertz CT molecular complexity index is 787. The largest absolute Gasteiger partial charge is 0.392 e. The van der Waals surface area contributed by atoms with Crippen LogP contribution in [-0.4, -0.2) is 71.5 Å². The Morgan fingerprint density at radius 1 is 0.340 bits per heavy atom. The lowest BCUT2D eigenvalue weighted by Crippen LogP contribution is -2.69. The van der Waals surface area contributed by atoms with E-state index in [1.165, 1.54) is 0 Å². The Kier molecular flexibility index (Phi) is 25.3. The van der Waals surface area contributed by atoms with Gasteiger partial charge in [0.1, 0.15) is 0 Å². The minimum Gasteiger partial charge on any atom is -0.337 e. The molecule has 0 aromatic heterocycles. The maximum Gasteiger partial charge on any atom is 0.392 e. The highest BCUT2D eigenvalue weighted by Gasteiger charge is 2.85. The summed E-state index contributed by atoms with van der Waals surface area (Å²) in [5, 5.41) is 0. The highest BCUT2D eigenvalue weighted by molar-refractivity contribution is 5.87. The van der Waals surface area contributed by atoms with Crippen LogP contribution in [0.2, 0.25) is 0 Å². The van der Waals surface area contributed by atoms with Crippen LogP contribution in [0.15, 0.2) is 0 Å². The average molecular weight is 737 g/mol. The van der Waals surface area contributed by atoms with Crippen LogP contribution in [0, 0.1) is 0 Å². The van der Waals surface area contributed by atoms with Gasteiger partial charge in [-0.05, 0) is 25.7 Å². The van der Waals surface area contributed by atoms with Crippen molar-refractivity contribution in [3.63, 3.8) is 0 Å². The summed E-state index contributed by atoms with van der Waals surface area (Å²) in [6.45, 7) is 6.43. The predicted octanol–water partition coefficient (Wildman–Crippen LogP) is 12.6. The van der Waals surface area contributed by atoms with Gasteiger partial charge < -0.3 is 9.80 Å². The number of nitrogens with zero attached hydrogens (tertiary/aromatic N) is 2. The Morgan fingerprint density at radius 2 is 0.520 bits per heavy atom. The van der Waals surface area contributed by atoms with Gasteiger partial charge in [0.2, 0.25) is 0 Å². The number of unbranched alkanes of at least 4 members (excludes halogenated alkanes) is 20. The Morgan fingerprint density at radius 3 is 0.720 bits per heavy atom. The van der Waals surface area contributed by atoms with Crippen LogP contribution in [0.25, 0.3) is 0 Å². The lowest BCUT2D eigenvalue weighted by Gasteiger charge is -2.38. The monoisotopic (exact) mass is 737 g/mol. The number of carbonyl (C=O) groups is 2. The first-order chi connectivity index (χ1) is 23.6. The van der Waals surface area contributed by atoms with Gasteiger partial charge in [0, 0.05) is 26.2 Å². The van der Waals surface area contributed by atoms with E-state index in [0.29, 0.717) is 61.2 Å². The Hall–Kier alpha value is -1.62. The zero-order valence-corrected chi connectivity index (χ0v) is 31.5. The van der Waals surface area contributed by atoms with E-state index in [-0.39, 0.29) is 25.7 Å². The molecule has 0 aliphatic carbocycles. The van der Waals surface area contributed by atoms with Gasteiger partial charge in [-0.3, -0.25) is 9.59 Å². The molecular weight excluding hydrogens is 668 g/mol. The SMILES string of the molecule is CCCCCCCCN(CCCCCCCC)C(=O)C(F)(F)C(F)(F)C(F)(F)C(F)(F)C(=O)N(CCCCCCCC)CCCCCCCC. The van der Waals surface area contributed by atoms with E-state index in [4.69, 9.17) is 0 Å². The number of hydrogen-bond acceptors (Lipinski definition) is 2. The molecule has 0 aliphatic rings. The van der Waals surface area contributed by atoms with Gasteiger partial charge in [-0.2, -0.15) is 35.1 Å². The maximum atomic E-state index is 15.3. The molecule has 0 rings (SSSR count). The number of carbonyl (C=O) groups excluding carboxylic acids is 2. The van der Waals surface area contributed by atoms with Crippen molar-refractivity contribution in [1.29, 1.82) is 0 Å². The van der Waals surface area contributed by atoms with Gasteiger partial charge in [-0.15, -0.1) is 0 Å². The Balaban J connectivity index is 6.04. The third-order valence-corrected chi connectivity index (χ3v) is 9.42. The summed E-state index contributed by atoms with van der Waals surface area (Å²) in [4.78, 5) is 26.7. The standard InChI is InChI=1S/C38H68F8N2O2/c1-5-9-13-17-21-25-29-47(30-26-22-18-14-10-6-2)33(49)35(39,40)37(43,44)38(45,46)36(41,42)34(50)48(31-27-23-19-15-11-7-3)32-28-24-20-16-12-8-4/h5-32H2,1-4H3. The molecule has 4 nitrogen and oxygen atoms in total. The van der Waals surface area contributed by atoms with Gasteiger partial charge in [0.15, 0.2) is 0 Å². The molecule has 0 saturated carbocycles. The number of halogens is 8. The third kappa shape index (κ3) is 16.0. The van der Waals surface area contributed by atoms with Crippen molar-refractivity contribution in [3.05, 3.63) is 0 Å². The summed E-state index contributed by atoms with van der Waals surface area (Å²) < 4.78 is 122. The number of rotatable bonds is 33. The van der Waals surface area contributed by atoms with E-state index >= 15 is 35.1 Å². The fourth-order valence-corrected chi connectivity index (χ4v) is 6.02. The van der Waals surface area contributed by atoms with Crippen molar-refractivity contribution in [2.75, 3.05) is 26.2 Å². The van der Waals surface area contributed by atoms with E-state index in [1.54, 1.807) is 0 Å². The summed E-state index contributed by atoms with van der Waals surface area (Å²) in [5.74, 6) is -31.3. The van der Waals surface area contributed by atoms with E-state index in [2.05, 4.69) is 0 Å². The van der Waals surface area contributed by atoms with E-state index < -0.39 is 61.7 Å². The van der Waals surface area contributed by atoms with Gasteiger partial charge in [0.25, 0.3) is 11.8 Å². The molecule has 0 aliphatic heterocycles. The van der Waals surface area contributed by atoms with Crippen molar-refractivity contribution in [3.8, 4) is 0 Å². The molecule has 0 saturated heterocycles. The lowest BCUT2D eigenvalue weighted by molar-refractivity contribution is -0.350. The molecule has 12 heteroatoms. The number of hydrogen-bond donors (Lipinski definition) is 0. The highest BCUT2D eigenvalue weighted by Crippen LogP contribution is 2.53. The summed E-state index contributed by atoms with van der Waals surface area (Å²) in [5.41, 5.74) is 0. The second-order valence-electron chi connectivity index (χ2n) is 14.0. The highest BCUT2D eigenvalue weighted by atomic mass is 19.4. The zero-order valence-electron chi connectivity index (χ0n) is 31.5. The lowest BCUT2D eigenvalue weighted by atomic mass is 9.96. The average Bonchev–Trinajstić information content (AvgIpc) is 3.07. The minimum absolute atomic E-state index is 0.170. The van der Waals surface area contributed by atoms with Crippen molar-refractivity contribution in [2.24, 2.45) is 0 Å². The topological polar surface area (TPSA) is 40.6 Å². The fourth-order valence-electron chi connectivity index (χ4n) is 6.02. The molecule has 0 aromatic carbocycles. The van der Waals surface area contributed by atoms with Crippen LogP contribution in [0.3, 0.4) is 0 Å². The summed E-state index contributed by atoms with van der Waals surface area (Å²) in [6.07, 6.45) is 16.4. The molecule has 0 atom stereocenters. The summed E-state index contributed by atoms with van der Waals surface area (Å²) >= 11 is 0. The molecule has 0 bridgehead atoms. The quantitative estimate of drug-likeness (QED) is 0.0497. The molecule has 0 spiro atoms. The second kappa shape index (κ2) is 26.2. The van der Waals surface area contributed by atoms with Crippen LogP contribution in [0.1, 0.15) is 182 Å². The molecule has 0 heterocycles. The number of alkyl halides is 8. The molecule has 0 aromatic rings. The summed E-state index contributed by atoms with van der Waals surface area (Å²) in [7, 11) is 0. The maximum absolute atomic E-state index is 15.3. The van der Waals surface area contributed by atoms with Crippen molar-refractivity contribution < 1.29 is 44.7 Å². The molecule has 0 fully saturated rings. The van der Waals surface area contributed by atoms with Crippen molar-refractivity contribution >= 4 is 11.8 Å². The van der Waals surface area contributed by atoms with Crippen molar-refractivity contribution in [2.45, 2.75) is 205 Å². The molecule has 2 amide bonds. The third-order valence-electron chi connectivity index (χ3n) is 9.42. The first kappa shape index (κ1) is 48.4. The normalized spacial score (nSPS) is 12.8. The van der Waals surface area contributed by atoms with Crippen LogP contribution >= 0.6 is 0 Å². The first-order valence-electron chi connectivity index (χ1n) is 19.7. The molecule has 50 heavy (non-hydrogen) atoms. The zero-order chi connectivity index (χ0) is 38.1. The predicted molar refractivity (Wildman–Crippen MR) is 186 cm³/mol. The molecule has 0 N–H and O–H groups in total. The van der Waals surface area contributed by atoms with Crippen LogP contribution in [0.4, 0.5) is 35.1 Å². The van der Waals surface area contributed by atoms with Crippen LogP contribution in [-0.2, 0) is 9.59 Å². The molecule has 0 unspecified atom stereocenters. The first-order valence-corrected chi connectivity index (χ1v) is 19.7. The number of amides is 2. The van der Waals surface area contributed by atoms with E-state index in [9.17, 15) is 9.59 Å².